The van der Waals surface area contributed by atoms with Crippen molar-refractivity contribution in [3.8, 4) is 5.75 Å². The molecule has 1 aromatic heterocycles. The van der Waals surface area contributed by atoms with Gasteiger partial charge in [-0.3, -0.25) is 0 Å². The molecule has 4 rings (SSSR count). The number of aromatic nitrogens is 3. The molecule has 192 valence electrons. The van der Waals surface area contributed by atoms with Crippen LogP contribution >= 0.6 is 11.8 Å². The molecular weight excluding hydrogens is 491 g/mol. The summed E-state index contributed by atoms with van der Waals surface area (Å²) in [5.41, 5.74) is 1.29. The van der Waals surface area contributed by atoms with Gasteiger partial charge in [-0.25, -0.2) is 9.48 Å². The Kier molecular flexibility index (Phi) is 8.23. The van der Waals surface area contributed by atoms with Crippen LogP contribution in [0.3, 0.4) is 0 Å². The van der Waals surface area contributed by atoms with Crippen LogP contribution in [0.2, 0.25) is 0 Å². The summed E-state index contributed by atoms with van der Waals surface area (Å²) < 4.78 is 51.5. The minimum Gasteiger partial charge on any atom is -0.497 e. The molecular formula is C26H28F3N3O3S. The van der Waals surface area contributed by atoms with Crippen LogP contribution in [0.1, 0.15) is 65.7 Å². The van der Waals surface area contributed by atoms with Gasteiger partial charge in [-0.2, -0.15) is 13.2 Å². The number of hydrogen-bond acceptors (Lipinski definition) is 6. The van der Waals surface area contributed by atoms with E-state index >= 15 is 0 Å². The monoisotopic (exact) mass is 519 g/mol. The van der Waals surface area contributed by atoms with E-state index in [0.717, 1.165) is 48.6 Å². The number of nitrogens with zero attached hydrogens (tertiary/aromatic N) is 3. The third-order valence-corrected chi connectivity index (χ3v) is 7.72. The Bertz CT molecular complexity index is 1170. The normalized spacial score (nSPS) is 18.1. The zero-order valence-corrected chi connectivity index (χ0v) is 20.9. The van der Waals surface area contributed by atoms with E-state index in [2.05, 4.69) is 10.3 Å². The molecule has 1 saturated carbocycles. The van der Waals surface area contributed by atoms with Crippen molar-refractivity contribution < 1.29 is 27.4 Å². The Morgan fingerprint density at radius 3 is 2.47 bits per heavy atom. The lowest BCUT2D eigenvalue weighted by Gasteiger charge is -2.29. The maximum Gasteiger partial charge on any atom is 0.416 e. The quantitative estimate of drug-likeness (QED) is 0.323. The van der Waals surface area contributed by atoms with E-state index < -0.39 is 17.7 Å². The minimum atomic E-state index is -4.35. The highest BCUT2D eigenvalue weighted by molar-refractivity contribution is 7.99. The van der Waals surface area contributed by atoms with E-state index in [4.69, 9.17) is 9.47 Å². The second-order valence-corrected chi connectivity index (χ2v) is 9.97. The lowest BCUT2D eigenvalue weighted by atomic mass is 9.83. The van der Waals surface area contributed by atoms with Crippen LogP contribution < -0.4 is 4.74 Å². The first-order chi connectivity index (χ1) is 17.3. The molecule has 0 bridgehead atoms. The van der Waals surface area contributed by atoms with Gasteiger partial charge in [0, 0.05) is 5.25 Å². The standard InChI is InChI=1S/C26H28F3N3O3S/c1-3-35-25(33)23-24(32(31-30-23)16-17-7-11-21(34-2)12-8-17)36-22-13-9-18(10-14-22)19-5-4-6-20(15-19)26(27,28)29/h4-8,11-12,15,18,22H,3,9-10,13-14,16H2,1-2H3. The Hall–Kier alpha value is -3.01. The first-order valence-corrected chi connectivity index (χ1v) is 12.7. The largest absolute Gasteiger partial charge is 0.497 e. The van der Waals surface area contributed by atoms with Gasteiger partial charge < -0.3 is 9.47 Å². The van der Waals surface area contributed by atoms with Crippen LogP contribution in [0.4, 0.5) is 13.2 Å². The summed E-state index contributed by atoms with van der Waals surface area (Å²) in [7, 11) is 1.61. The summed E-state index contributed by atoms with van der Waals surface area (Å²) in [5.74, 6) is 0.311. The summed E-state index contributed by atoms with van der Waals surface area (Å²) in [6.07, 6.45) is -1.19. The van der Waals surface area contributed by atoms with E-state index in [0.29, 0.717) is 11.6 Å². The van der Waals surface area contributed by atoms with Gasteiger partial charge in [-0.05, 0) is 67.9 Å². The highest BCUT2D eigenvalue weighted by Gasteiger charge is 2.32. The summed E-state index contributed by atoms with van der Waals surface area (Å²) in [4.78, 5) is 12.5. The molecule has 1 aliphatic carbocycles. The molecule has 1 fully saturated rings. The number of benzene rings is 2. The lowest BCUT2D eigenvalue weighted by Crippen LogP contribution is -2.17. The van der Waals surface area contributed by atoms with Gasteiger partial charge in [-0.15, -0.1) is 16.9 Å². The van der Waals surface area contributed by atoms with Crippen LogP contribution in [-0.4, -0.2) is 39.9 Å². The molecule has 36 heavy (non-hydrogen) atoms. The minimum absolute atomic E-state index is 0.0796. The first kappa shape index (κ1) is 26.1. The number of esters is 1. The van der Waals surface area contributed by atoms with Crippen molar-refractivity contribution in [1.82, 2.24) is 15.0 Å². The number of rotatable bonds is 8. The predicted octanol–water partition coefficient (Wildman–Crippen LogP) is 6.35. The highest BCUT2D eigenvalue weighted by atomic mass is 32.2. The molecule has 3 aromatic rings. The van der Waals surface area contributed by atoms with E-state index in [-0.39, 0.29) is 23.5 Å². The molecule has 0 saturated heterocycles. The second kappa shape index (κ2) is 11.4. The Labute approximate surface area is 212 Å². The fourth-order valence-corrected chi connectivity index (χ4v) is 5.68. The Balaban J connectivity index is 1.48. The van der Waals surface area contributed by atoms with Crippen molar-refractivity contribution >= 4 is 17.7 Å². The van der Waals surface area contributed by atoms with Gasteiger partial charge in [-0.1, -0.05) is 35.5 Å². The van der Waals surface area contributed by atoms with Gasteiger partial charge in [0.2, 0.25) is 5.69 Å². The van der Waals surface area contributed by atoms with E-state index in [1.165, 1.54) is 12.1 Å². The Morgan fingerprint density at radius 1 is 1.11 bits per heavy atom. The van der Waals surface area contributed by atoms with Crippen molar-refractivity contribution in [2.45, 2.75) is 61.5 Å². The molecule has 1 heterocycles. The van der Waals surface area contributed by atoms with Gasteiger partial charge >= 0.3 is 12.1 Å². The van der Waals surface area contributed by atoms with Crippen LogP contribution in [0.5, 0.6) is 5.75 Å². The van der Waals surface area contributed by atoms with Gasteiger partial charge in [0.25, 0.3) is 0 Å². The molecule has 0 amide bonds. The number of alkyl halides is 3. The lowest BCUT2D eigenvalue weighted by molar-refractivity contribution is -0.137. The number of carbonyl (C=O) groups excluding carboxylic acids is 1. The maximum atomic E-state index is 13.1. The van der Waals surface area contributed by atoms with Crippen LogP contribution in [0, 0.1) is 0 Å². The second-order valence-electron chi connectivity index (χ2n) is 8.68. The molecule has 1 aliphatic rings. The molecule has 0 radical (unpaired) electrons. The van der Waals surface area contributed by atoms with Crippen LogP contribution in [0.15, 0.2) is 53.6 Å². The van der Waals surface area contributed by atoms with E-state index in [1.807, 2.05) is 24.3 Å². The summed E-state index contributed by atoms with van der Waals surface area (Å²) in [5, 5.41) is 9.17. The predicted molar refractivity (Wildman–Crippen MR) is 130 cm³/mol. The smallest absolute Gasteiger partial charge is 0.416 e. The maximum absolute atomic E-state index is 13.1. The zero-order chi connectivity index (χ0) is 25.7. The fourth-order valence-electron chi connectivity index (χ4n) is 4.40. The fraction of sp³-hybridized carbons (Fsp3) is 0.423. The zero-order valence-electron chi connectivity index (χ0n) is 20.1. The molecule has 10 heteroatoms. The number of carbonyl (C=O) groups is 1. The number of hydrogen-bond donors (Lipinski definition) is 0. The summed E-state index contributed by atoms with van der Waals surface area (Å²) in [6.45, 7) is 2.40. The molecule has 0 N–H and O–H groups in total. The molecule has 0 atom stereocenters. The van der Waals surface area contributed by atoms with Crippen molar-refractivity contribution in [3.63, 3.8) is 0 Å². The highest BCUT2D eigenvalue weighted by Crippen LogP contribution is 2.42. The molecule has 0 aliphatic heterocycles. The van der Waals surface area contributed by atoms with Crippen LogP contribution in [-0.2, 0) is 17.5 Å². The van der Waals surface area contributed by atoms with Gasteiger partial charge in [0.1, 0.15) is 10.8 Å². The topological polar surface area (TPSA) is 66.2 Å². The molecule has 0 spiro atoms. The molecule has 0 unspecified atom stereocenters. The third kappa shape index (κ3) is 6.21. The number of thioether (sulfide) groups is 1. The number of ether oxygens (including phenoxy) is 2. The molecule has 2 aromatic carbocycles. The number of methoxy groups -OCH3 is 1. The third-order valence-electron chi connectivity index (χ3n) is 6.29. The summed E-state index contributed by atoms with van der Waals surface area (Å²) in [6, 6.07) is 13.2. The van der Waals surface area contributed by atoms with Crippen molar-refractivity contribution in [2.24, 2.45) is 0 Å². The van der Waals surface area contributed by atoms with E-state index in [9.17, 15) is 18.0 Å². The average molecular weight is 520 g/mol. The first-order valence-electron chi connectivity index (χ1n) is 11.9. The molecule has 6 nitrogen and oxygen atoms in total. The van der Waals surface area contributed by atoms with Gasteiger partial charge in [0.05, 0.1) is 25.8 Å². The van der Waals surface area contributed by atoms with Gasteiger partial charge in [0.15, 0.2) is 0 Å². The van der Waals surface area contributed by atoms with Crippen molar-refractivity contribution in [1.29, 1.82) is 0 Å². The van der Waals surface area contributed by atoms with Crippen molar-refractivity contribution in [2.75, 3.05) is 13.7 Å². The average Bonchev–Trinajstić information content (AvgIpc) is 3.26. The van der Waals surface area contributed by atoms with Crippen molar-refractivity contribution in [3.05, 3.63) is 70.9 Å². The SMILES string of the molecule is CCOC(=O)c1nnn(Cc2ccc(OC)cc2)c1SC1CCC(c2cccc(C(F)(F)F)c2)CC1. The number of halogens is 3. The Morgan fingerprint density at radius 2 is 1.83 bits per heavy atom. The summed E-state index contributed by atoms with van der Waals surface area (Å²) >= 11 is 1.54. The van der Waals surface area contributed by atoms with E-state index in [1.54, 1.807) is 36.5 Å². The van der Waals surface area contributed by atoms with Crippen LogP contribution in [0.25, 0.3) is 0 Å².